The number of imidazole rings is 1. The standard InChI is InChI=1S/C13H14N6O/c1-9(2)19-8-15-17-12(19)10-4-3-5-11(16-10)18-7-6-14-13(18)20/h3-9H,1-2H3,(H,14,20). The van der Waals surface area contributed by atoms with Crippen molar-refractivity contribution >= 4 is 0 Å². The van der Waals surface area contributed by atoms with E-state index in [1.54, 1.807) is 24.8 Å². The minimum atomic E-state index is -0.222. The van der Waals surface area contributed by atoms with Gasteiger partial charge < -0.3 is 9.55 Å². The van der Waals surface area contributed by atoms with E-state index in [1.165, 1.54) is 4.57 Å². The van der Waals surface area contributed by atoms with Crippen LogP contribution in [0.15, 0.2) is 41.7 Å². The predicted molar refractivity (Wildman–Crippen MR) is 73.6 cm³/mol. The highest BCUT2D eigenvalue weighted by atomic mass is 16.1. The van der Waals surface area contributed by atoms with Gasteiger partial charge in [0.05, 0.1) is 0 Å². The molecule has 7 nitrogen and oxygen atoms in total. The third-order valence-corrected chi connectivity index (χ3v) is 2.99. The van der Waals surface area contributed by atoms with E-state index in [-0.39, 0.29) is 11.7 Å². The van der Waals surface area contributed by atoms with Crippen molar-refractivity contribution < 1.29 is 0 Å². The fourth-order valence-electron chi connectivity index (χ4n) is 1.99. The molecule has 1 N–H and O–H groups in total. The smallest absolute Gasteiger partial charge is 0.312 e. The molecule has 20 heavy (non-hydrogen) atoms. The Balaban J connectivity index is 2.10. The van der Waals surface area contributed by atoms with Crippen molar-refractivity contribution in [2.45, 2.75) is 19.9 Å². The van der Waals surface area contributed by atoms with Crippen LogP contribution in [-0.4, -0.2) is 29.3 Å². The summed E-state index contributed by atoms with van der Waals surface area (Å²) in [5.41, 5.74) is 0.460. The maximum atomic E-state index is 11.6. The Morgan fingerprint density at radius 2 is 2.15 bits per heavy atom. The van der Waals surface area contributed by atoms with Crippen LogP contribution in [0.4, 0.5) is 0 Å². The third-order valence-electron chi connectivity index (χ3n) is 2.99. The lowest BCUT2D eigenvalue weighted by molar-refractivity contribution is 0.603. The lowest BCUT2D eigenvalue weighted by Gasteiger charge is -2.10. The fourth-order valence-corrected chi connectivity index (χ4v) is 1.99. The molecule has 3 heterocycles. The second-order valence-electron chi connectivity index (χ2n) is 4.67. The molecule has 0 radical (unpaired) electrons. The summed E-state index contributed by atoms with van der Waals surface area (Å²) in [5.74, 6) is 1.23. The molecule has 0 aliphatic rings. The lowest BCUT2D eigenvalue weighted by atomic mass is 10.3. The molecule has 0 aliphatic carbocycles. The van der Waals surface area contributed by atoms with Crippen LogP contribution in [0.3, 0.4) is 0 Å². The van der Waals surface area contributed by atoms with E-state index in [0.29, 0.717) is 17.3 Å². The van der Waals surface area contributed by atoms with Gasteiger partial charge in [0.15, 0.2) is 5.82 Å². The van der Waals surface area contributed by atoms with E-state index in [2.05, 4.69) is 20.2 Å². The number of H-pyrrole nitrogens is 1. The van der Waals surface area contributed by atoms with E-state index in [9.17, 15) is 4.79 Å². The number of rotatable bonds is 3. The first-order chi connectivity index (χ1) is 9.66. The maximum Gasteiger partial charge on any atom is 0.331 e. The van der Waals surface area contributed by atoms with Crippen molar-refractivity contribution in [3.63, 3.8) is 0 Å². The van der Waals surface area contributed by atoms with Gasteiger partial charge in [0.1, 0.15) is 17.8 Å². The van der Waals surface area contributed by atoms with Gasteiger partial charge in [0.2, 0.25) is 0 Å². The second kappa shape index (κ2) is 4.76. The number of pyridine rings is 1. The van der Waals surface area contributed by atoms with Gasteiger partial charge in [-0.25, -0.2) is 9.78 Å². The Hall–Kier alpha value is -2.70. The van der Waals surface area contributed by atoms with Crippen LogP contribution < -0.4 is 5.69 Å². The molecule has 0 saturated carbocycles. The van der Waals surface area contributed by atoms with Crippen molar-refractivity contribution in [2.24, 2.45) is 0 Å². The molecular weight excluding hydrogens is 256 g/mol. The van der Waals surface area contributed by atoms with Crippen molar-refractivity contribution in [2.75, 3.05) is 0 Å². The molecule has 3 aromatic rings. The van der Waals surface area contributed by atoms with Gasteiger partial charge in [0.25, 0.3) is 0 Å². The highest BCUT2D eigenvalue weighted by Gasteiger charge is 2.12. The van der Waals surface area contributed by atoms with Gasteiger partial charge in [0, 0.05) is 18.4 Å². The molecule has 0 unspecified atom stereocenters. The number of nitrogens with one attached hydrogen (secondary N) is 1. The van der Waals surface area contributed by atoms with E-state index in [1.807, 2.05) is 30.5 Å². The fraction of sp³-hybridized carbons (Fsp3) is 0.231. The monoisotopic (exact) mass is 270 g/mol. The summed E-state index contributed by atoms with van der Waals surface area (Å²) in [4.78, 5) is 18.7. The highest BCUT2D eigenvalue weighted by molar-refractivity contribution is 5.51. The minimum absolute atomic E-state index is 0.222. The quantitative estimate of drug-likeness (QED) is 0.780. The number of nitrogens with zero attached hydrogens (tertiary/aromatic N) is 5. The summed E-state index contributed by atoms with van der Waals surface area (Å²) in [5, 5.41) is 8.04. The zero-order chi connectivity index (χ0) is 14.1. The van der Waals surface area contributed by atoms with Gasteiger partial charge >= 0.3 is 5.69 Å². The van der Waals surface area contributed by atoms with Crippen LogP contribution >= 0.6 is 0 Å². The van der Waals surface area contributed by atoms with E-state index >= 15 is 0 Å². The first-order valence-electron chi connectivity index (χ1n) is 6.30. The Morgan fingerprint density at radius 1 is 1.30 bits per heavy atom. The van der Waals surface area contributed by atoms with E-state index < -0.39 is 0 Å². The summed E-state index contributed by atoms with van der Waals surface area (Å²) in [7, 11) is 0. The number of aromatic amines is 1. The summed E-state index contributed by atoms with van der Waals surface area (Å²) in [6.45, 7) is 4.10. The van der Waals surface area contributed by atoms with Gasteiger partial charge in [-0.3, -0.25) is 4.57 Å². The Labute approximate surface area is 114 Å². The van der Waals surface area contributed by atoms with Crippen LogP contribution in [-0.2, 0) is 0 Å². The molecule has 0 saturated heterocycles. The van der Waals surface area contributed by atoms with Gasteiger partial charge in [-0.2, -0.15) is 0 Å². The Bertz CT molecular complexity index is 782. The average molecular weight is 270 g/mol. The van der Waals surface area contributed by atoms with Crippen LogP contribution in [0.2, 0.25) is 0 Å². The summed E-state index contributed by atoms with van der Waals surface area (Å²) >= 11 is 0. The molecule has 0 fully saturated rings. The molecule has 7 heteroatoms. The highest BCUT2D eigenvalue weighted by Crippen LogP contribution is 2.18. The summed E-state index contributed by atoms with van der Waals surface area (Å²) in [6.07, 6.45) is 4.89. The second-order valence-corrected chi connectivity index (χ2v) is 4.67. The lowest BCUT2D eigenvalue weighted by Crippen LogP contribution is -2.15. The molecule has 0 aromatic carbocycles. The van der Waals surface area contributed by atoms with Gasteiger partial charge in [-0.1, -0.05) is 6.07 Å². The first kappa shape index (κ1) is 12.3. The Kier molecular flexibility index (Phi) is 2.94. The largest absolute Gasteiger partial charge is 0.331 e. The third kappa shape index (κ3) is 2.03. The van der Waals surface area contributed by atoms with E-state index in [4.69, 9.17) is 0 Å². The molecule has 0 atom stereocenters. The van der Waals surface area contributed by atoms with Crippen LogP contribution in [0, 0.1) is 0 Å². The number of hydrogen-bond acceptors (Lipinski definition) is 4. The van der Waals surface area contributed by atoms with Crippen molar-refractivity contribution in [1.82, 2.24) is 29.3 Å². The van der Waals surface area contributed by atoms with Gasteiger partial charge in [-0.15, -0.1) is 10.2 Å². The molecular formula is C13H14N6O. The zero-order valence-corrected chi connectivity index (χ0v) is 11.2. The zero-order valence-electron chi connectivity index (χ0n) is 11.2. The summed E-state index contributed by atoms with van der Waals surface area (Å²) in [6, 6.07) is 5.70. The molecule has 102 valence electrons. The van der Waals surface area contributed by atoms with Crippen molar-refractivity contribution in [3.05, 3.63) is 47.4 Å². The van der Waals surface area contributed by atoms with Crippen molar-refractivity contribution in [1.29, 1.82) is 0 Å². The molecule has 3 rings (SSSR count). The first-order valence-corrected chi connectivity index (χ1v) is 6.30. The SMILES string of the molecule is CC(C)n1cnnc1-c1cccc(-n2cc[nH]c2=O)n1. The molecule has 0 aliphatic heterocycles. The van der Waals surface area contributed by atoms with Crippen molar-refractivity contribution in [3.8, 4) is 17.3 Å². The molecule has 0 spiro atoms. The maximum absolute atomic E-state index is 11.6. The normalized spacial score (nSPS) is 11.2. The van der Waals surface area contributed by atoms with Crippen LogP contribution in [0.5, 0.6) is 0 Å². The van der Waals surface area contributed by atoms with Gasteiger partial charge in [-0.05, 0) is 26.0 Å². The summed E-state index contributed by atoms with van der Waals surface area (Å²) < 4.78 is 3.38. The molecule has 0 amide bonds. The Morgan fingerprint density at radius 3 is 2.85 bits per heavy atom. The van der Waals surface area contributed by atoms with Crippen LogP contribution in [0.25, 0.3) is 17.3 Å². The average Bonchev–Trinajstić information content (AvgIpc) is 3.07. The molecule has 3 aromatic heterocycles. The topological polar surface area (TPSA) is 81.4 Å². The predicted octanol–water partition coefficient (Wildman–Crippen LogP) is 1.40. The van der Waals surface area contributed by atoms with Crippen LogP contribution in [0.1, 0.15) is 19.9 Å². The number of hydrogen-bond donors (Lipinski definition) is 1. The van der Waals surface area contributed by atoms with E-state index in [0.717, 1.165) is 0 Å². The molecule has 0 bridgehead atoms. The minimum Gasteiger partial charge on any atom is -0.312 e. The number of aromatic nitrogens is 6.